The van der Waals surface area contributed by atoms with Gasteiger partial charge in [-0.2, -0.15) is 0 Å². The summed E-state index contributed by atoms with van der Waals surface area (Å²) in [6.45, 7) is 5.31. The van der Waals surface area contributed by atoms with Gasteiger partial charge in [0.1, 0.15) is 5.75 Å². The number of aromatic hydroxyl groups is 1. The highest BCUT2D eigenvalue weighted by Crippen LogP contribution is 2.35. The number of hydrogen-bond donors (Lipinski definition) is 1. The number of aryl methyl sites for hydroxylation is 2. The Kier molecular flexibility index (Phi) is 10.6. The van der Waals surface area contributed by atoms with Gasteiger partial charge in [-0.05, 0) is 97.4 Å². The molecule has 8 rings (SSSR count). The summed E-state index contributed by atoms with van der Waals surface area (Å²) in [6.07, 6.45) is 4.59. The van der Waals surface area contributed by atoms with Crippen LogP contribution in [-0.4, -0.2) is 86.6 Å². The summed E-state index contributed by atoms with van der Waals surface area (Å²) in [5.74, 6) is -0.188. The van der Waals surface area contributed by atoms with Crippen LogP contribution in [-0.2, 0) is 27.1 Å². The maximum absolute atomic E-state index is 14.8. The third-order valence-corrected chi connectivity index (χ3v) is 11.1. The van der Waals surface area contributed by atoms with Crippen LogP contribution in [0.2, 0.25) is 5.02 Å². The van der Waals surface area contributed by atoms with Gasteiger partial charge in [0.2, 0.25) is 0 Å². The number of phenolic OH excluding ortho intramolecular Hbond substituents is 1. The van der Waals surface area contributed by atoms with Gasteiger partial charge >= 0.3 is 0 Å². The van der Waals surface area contributed by atoms with Crippen molar-refractivity contribution in [1.82, 2.24) is 23.8 Å². The number of carbonyl (C=O) groups is 2. The molecule has 0 saturated carbocycles. The number of halogens is 2. The van der Waals surface area contributed by atoms with Crippen molar-refractivity contribution in [2.45, 2.75) is 19.0 Å². The zero-order valence-corrected chi connectivity index (χ0v) is 32.2. The zero-order chi connectivity index (χ0) is 36.8. The molecule has 0 bridgehead atoms. The summed E-state index contributed by atoms with van der Waals surface area (Å²) in [4.78, 5) is 38.0. The van der Waals surface area contributed by atoms with Gasteiger partial charge in [-0.3, -0.25) is 19.4 Å². The molecule has 0 aliphatic carbocycles. The van der Waals surface area contributed by atoms with Crippen LogP contribution >= 0.6 is 24.0 Å². The molecule has 1 saturated heterocycles. The Morgan fingerprint density at radius 1 is 0.815 bits per heavy atom. The van der Waals surface area contributed by atoms with Crippen LogP contribution in [0.25, 0.3) is 22.2 Å². The maximum Gasteiger partial charge on any atom is 0.264 e. The molecule has 0 radical (unpaired) electrons. The summed E-state index contributed by atoms with van der Waals surface area (Å²) < 4.78 is 3.93. The number of nitrogens with zero attached hydrogens (tertiary/aromatic N) is 6. The van der Waals surface area contributed by atoms with Gasteiger partial charge < -0.3 is 24.0 Å². The van der Waals surface area contributed by atoms with Gasteiger partial charge in [-0.15, -0.1) is 12.4 Å². The number of phenols is 1. The number of piperazine rings is 1. The topological polar surface area (TPSA) is 77.2 Å². The second kappa shape index (κ2) is 15.4. The Morgan fingerprint density at radius 3 is 2.30 bits per heavy atom. The van der Waals surface area contributed by atoms with E-state index in [9.17, 15) is 14.7 Å². The third-order valence-electron chi connectivity index (χ3n) is 10.9. The quantitative estimate of drug-likeness (QED) is 0.180. The lowest BCUT2D eigenvalue weighted by Crippen LogP contribution is -2.53. The number of hydrogen-bond acceptors (Lipinski definition) is 5. The molecule has 0 spiro atoms. The first kappa shape index (κ1) is 37.3. The van der Waals surface area contributed by atoms with Crippen LogP contribution in [0.15, 0.2) is 109 Å². The highest BCUT2D eigenvalue weighted by Gasteiger charge is 2.34. The lowest BCUT2D eigenvalue weighted by molar-refractivity contribution is 0.0536. The van der Waals surface area contributed by atoms with E-state index < -0.39 is 0 Å². The molecule has 1 atom stereocenters. The van der Waals surface area contributed by atoms with Crippen LogP contribution in [0.5, 0.6) is 5.75 Å². The number of fused-ring (bicyclic) bond motifs is 2. The van der Waals surface area contributed by atoms with E-state index in [2.05, 4.69) is 35.0 Å². The fourth-order valence-electron chi connectivity index (χ4n) is 7.86. The van der Waals surface area contributed by atoms with Gasteiger partial charge in [0.05, 0.1) is 5.56 Å². The largest absolute Gasteiger partial charge is 0.508 e. The number of likely N-dealkylation sites (N-methyl/N-ethyl adjacent to an activating group) is 1. The van der Waals surface area contributed by atoms with Crippen molar-refractivity contribution < 1.29 is 14.7 Å². The molecule has 2 amide bonds. The van der Waals surface area contributed by atoms with Crippen molar-refractivity contribution in [3.63, 3.8) is 0 Å². The number of carbonyl (C=O) groups excluding carboxylic acids is 2. The summed E-state index contributed by atoms with van der Waals surface area (Å²) in [5.41, 5.74) is 7.19. The molecule has 4 aromatic carbocycles. The molecule has 0 unspecified atom stereocenters. The van der Waals surface area contributed by atoms with Crippen molar-refractivity contribution in [2.24, 2.45) is 14.1 Å². The van der Waals surface area contributed by atoms with E-state index in [1.165, 1.54) is 11.1 Å². The van der Waals surface area contributed by atoms with Gasteiger partial charge in [-0.25, -0.2) is 0 Å². The van der Waals surface area contributed by atoms with Crippen LogP contribution in [0, 0.1) is 0 Å². The monoisotopic (exact) mass is 762 g/mol. The van der Waals surface area contributed by atoms with E-state index in [0.29, 0.717) is 45.3 Å². The van der Waals surface area contributed by atoms with E-state index in [0.717, 1.165) is 50.0 Å². The zero-order valence-electron chi connectivity index (χ0n) is 30.7. The number of benzene rings is 4. The van der Waals surface area contributed by atoms with Crippen molar-refractivity contribution in [1.29, 1.82) is 0 Å². The summed E-state index contributed by atoms with van der Waals surface area (Å²) in [6, 6.07) is 30.3. The predicted octanol–water partition coefficient (Wildman–Crippen LogP) is 7.76. The standard InChI is InChI=1S/C43H43ClN6O3.ClH/c1-45-18-20-48(21-19-45)28-36-22-29-6-4-5-7-31(29)27-49(36)43(53)38-14-8-33(44)25-39(38)41-24-32(26-47(41)3)42(52)50(34-9-12-37(51)13-10-34)35-11-15-40-30(23-35)16-17-46(40)2;/h4-17,23-26,36,51H,18-22,27-28H2,1-3H3;1H/t36-;/m0./s1. The summed E-state index contributed by atoms with van der Waals surface area (Å²) in [7, 11) is 6.03. The maximum atomic E-state index is 14.8. The van der Waals surface area contributed by atoms with Crippen LogP contribution in [0.3, 0.4) is 0 Å². The molecule has 4 heterocycles. The Morgan fingerprint density at radius 2 is 1.54 bits per heavy atom. The van der Waals surface area contributed by atoms with Crippen molar-refractivity contribution in [2.75, 3.05) is 44.7 Å². The van der Waals surface area contributed by atoms with E-state index in [1.54, 1.807) is 41.4 Å². The number of rotatable bonds is 7. The van der Waals surface area contributed by atoms with Gasteiger partial charge in [0.25, 0.3) is 11.8 Å². The Hall–Kier alpha value is -5.06. The first-order chi connectivity index (χ1) is 25.6. The molecule has 1 N–H and O–H groups in total. The summed E-state index contributed by atoms with van der Waals surface area (Å²) in [5, 5.41) is 11.6. The normalized spacial score (nSPS) is 16.2. The van der Waals surface area contributed by atoms with Crippen LogP contribution in [0.1, 0.15) is 31.8 Å². The number of amides is 2. The molecule has 11 heteroatoms. The number of aromatic nitrogens is 2. The predicted molar refractivity (Wildman–Crippen MR) is 218 cm³/mol. The second-order valence-electron chi connectivity index (χ2n) is 14.4. The fraction of sp³-hybridized carbons (Fsp3) is 0.256. The number of anilines is 2. The highest BCUT2D eigenvalue weighted by molar-refractivity contribution is 6.31. The molecule has 278 valence electrons. The lowest BCUT2D eigenvalue weighted by Gasteiger charge is -2.41. The van der Waals surface area contributed by atoms with Crippen LogP contribution in [0.4, 0.5) is 11.4 Å². The highest BCUT2D eigenvalue weighted by atomic mass is 35.5. The average Bonchev–Trinajstić information content (AvgIpc) is 3.74. The smallest absolute Gasteiger partial charge is 0.264 e. The van der Waals surface area contributed by atoms with Crippen LogP contribution < -0.4 is 4.90 Å². The van der Waals surface area contributed by atoms with Gasteiger partial charge in [-0.1, -0.05) is 35.9 Å². The molecule has 1 fully saturated rings. The lowest BCUT2D eigenvalue weighted by atomic mass is 9.92. The van der Waals surface area contributed by atoms with Gasteiger partial charge in [0, 0.05) is 116 Å². The van der Waals surface area contributed by atoms with Gasteiger partial charge in [0.15, 0.2) is 0 Å². The minimum Gasteiger partial charge on any atom is -0.508 e. The average molecular weight is 764 g/mol. The van der Waals surface area contributed by atoms with Crippen molar-refractivity contribution in [3.8, 4) is 17.0 Å². The van der Waals surface area contributed by atoms with E-state index >= 15 is 0 Å². The molecule has 9 nitrogen and oxygen atoms in total. The first-order valence-corrected chi connectivity index (χ1v) is 18.4. The molecule has 6 aromatic rings. The SMILES string of the molecule is CN1CCN(C[C@@H]2Cc3ccccc3CN2C(=O)c2ccc(Cl)cc2-c2cc(C(=O)N(c3ccc(O)cc3)c3ccc4c(ccn4C)c3)cn2C)CC1.Cl. The molecule has 2 aromatic heterocycles. The van der Waals surface area contributed by atoms with E-state index in [1.807, 2.05) is 82.9 Å². The molecule has 2 aliphatic rings. The fourth-order valence-corrected chi connectivity index (χ4v) is 8.03. The Labute approximate surface area is 327 Å². The Balaban J connectivity index is 0.00000450. The van der Waals surface area contributed by atoms with E-state index in [4.69, 9.17) is 11.6 Å². The molecular weight excluding hydrogens is 719 g/mol. The molecular formula is C43H44Cl2N6O3. The molecule has 2 aliphatic heterocycles. The second-order valence-corrected chi connectivity index (χ2v) is 14.8. The molecule has 54 heavy (non-hydrogen) atoms. The first-order valence-electron chi connectivity index (χ1n) is 18.1. The minimum absolute atomic E-state index is 0. The van der Waals surface area contributed by atoms with Crippen molar-refractivity contribution >= 4 is 58.1 Å². The minimum atomic E-state index is -0.248. The summed E-state index contributed by atoms with van der Waals surface area (Å²) >= 11 is 6.65. The van der Waals surface area contributed by atoms with E-state index in [-0.39, 0.29) is 36.0 Å². The third kappa shape index (κ3) is 7.24. The Bertz CT molecular complexity index is 2330. The van der Waals surface area contributed by atoms with Crippen molar-refractivity contribution in [3.05, 3.63) is 137 Å².